The smallest absolute Gasteiger partial charge is 0.300 e. The highest BCUT2D eigenvalue weighted by atomic mass is 16.5. The summed E-state index contributed by atoms with van der Waals surface area (Å²) < 4.78 is 11.1. The van der Waals surface area contributed by atoms with Crippen LogP contribution in [0.3, 0.4) is 0 Å². The van der Waals surface area contributed by atoms with Gasteiger partial charge in [-0.3, -0.25) is 14.5 Å². The number of carbonyl (C=O) groups is 2. The lowest BCUT2D eigenvalue weighted by atomic mass is 9.93. The number of nitrogens with zero attached hydrogens (tertiary/aromatic N) is 1. The summed E-state index contributed by atoms with van der Waals surface area (Å²) in [7, 11) is 1.52. The molecule has 1 aliphatic rings. The summed E-state index contributed by atoms with van der Waals surface area (Å²) in [5, 5.41) is 22.0. The van der Waals surface area contributed by atoms with E-state index in [1.807, 2.05) is 20.8 Å². The fourth-order valence-electron chi connectivity index (χ4n) is 4.47. The van der Waals surface area contributed by atoms with Gasteiger partial charge in [0.2, 0.25) is 0 Å². The van der Waals surface area contributed by atoms with Gasteiger partial charge in [-0.2, -0.15) is 0 Å². The number of methoxy groups -OCH3 is 1. The number of hydrogen-bond acceptors (Lipinski definition) is 6. The number of hydrogen-bond donors (Lipinski definition) is 2. The van der Waals surface area contributed by atoms with Crippen molar-refractivity contribution in [3.05, 3.63) is 89.0 Å². The van der Waals surface area contributed by atoms with Gasteiger partial charge >= 0.3 is 0 Å². The van der Waals surface area contributed by atoms with Crippen LogP contribution in [0, 0.1) is 0 Å². The molecule has 1 atom stereocenters. The highest BCUT2D eigenvalue weighted by Gasteiger charge is 2.47. The van der Waals surface area contributed by atoms with Crippen molar-refractivity contribution in [3.8, 4) is 17.2 Å². The zero-order valence-corrected chi connectivity index (χ0v) is 20.7. The molecule has 0 spiro atoms. The molecule has 0 saturated carbocycles. The second kappa shape index (κ2) is 10.2. The lowest BCUT2D eigenvalue weighted by Crippen LogP contribution is -2.29. The third kappa shape index (κ3) is 4.40. The van der Waals surface area contributed by atoms with Gasteiger partial charge in [-0.25, -0.2) is 0 Å². The van der Waals surface area contributed by atoms with Crippen molar-refractivity contribution < 1.29 is 29.3 Å². The average molecular weight is 488 g/mol. The van der Waals surface area contributed by atoms with Crippen LogP contribution in [0.25, 0.3) is 5.76 Å². The van der Waals surface area contributed by atoms with E-state index in [2.05, 4.69) is 0 Å². The quantitative estimate of drug-likeness (QED) is 0.258. The first-order valence-corrected chi connectivity index (χ1v) is 11.8. The monoisotopic (exact) mass is 487 g/mol. The van der Waals surface area contributed by atoms with Crippen molar-refractivity contribution in [1.29, 1.82) is 0 Å². The zero-order valence-electron chi connectivity index (χ0n) is 20.7. The van der Waals surface area contributed by atoms with Crippen LogP contribution in [0.2, 0.25) is 0 Å². The Kier molecular flexibility index (Phi) is 7.01. The lowest BCUT2D eigenvalue weighted by molar-refractivity contribution is -0.132. The number of rotatable bonds is 7. The molecule has 0 aliphatic carbocycles. The van der Waals surface area contributed by atoms with Gasteiger partial charge in [0.15, 0.2) is 0 Å². The Labute approximate surface area is 210 Å². The molecule has 7 nitrogen and oxygen atoms in total. The second-order valence-corrected chi connectivity index (χ2v) is 8.77. The van der Waals surface area contributed by atoms with Crippen molar-refractivity contribution in [3.63, 3.8) is 0 Å². The minimum absolute atomic E-state index is 0.0737. The maximum Gasteiger partial charge on any atom is 0.300 e. The number of aromatic hydroxyl groups is 1. The van der Waals surface area contributed by atoms with E-state index in [9.17, 15) is 19.8 Å². The minimum atomic E-state index is -0.984. The predicted octanol–water partition coefficient (Wildman–Crippen LogP) is 5.55. The van der Waals surface area contributed by atoms with Crippen LogP contribution in [0.5, 0.6) is 17.2 Å². The fraction of sp³-hybridized carbons (Fsp3) is 0.241. The maximum absolute atomic E-state index is 13.4. The molecule has 1 amide bonds. The van der Waals surface area contributed by atoms with Crippen molar-refractivity contribution >= 4 is 23.1 Å². The van der Waals surface area contributed by atoms with E-state index in [-0.39, 0.29) is 28.7 Å². The molecule has 7 heteroatoms. The van der Waals surface area contributed by atoms with Gasteiger partial charge in [-0.15, -0.1) is 0 Å². The Balaban J connectivity index is 1.96. The van der Waals surface area contributed by atoms with Gasteiger partial charge in [0.1, 0.15) is 23.0 Å². The number of phenols is 1. The molecule has 186 valence electrons. The molecule has 1 aliphatic heterocycles. The first-order valence-electron chi connectivity index (χ1n) is 11.8. The standard InChI is InChI=1S/C29H29NO6/c1-5-36-24-14-13-19(16-21(24)17(2)3)27(32)25-26(18-9-8-10-20(15-18)35-4)30(29(34)28(25)33)22-11-6-7-12-23(22)31/h6-17,26,31-32H,5H2,1-4H3/b27-25-. The number of ether oxygens (including phenoxy) is 2. The Bertz CT molecular complexity index is 1340. The maximum atomic E-state index is 13.4. The highest BCUT2D eigenvalue weighted by molar-refractivity contribution is 6.51. The van der Waals surface area contributed by atoms with Gasteiger partial charge in [0.25, 0.3) is 11.7 Å². The van der Waals surface area contributed by atoms with Crippen LogP contribution in [0.4, 0.5) is 5.69 Å². The number of aliphatic hydroxyl groups excluding tert-OH is 1. The van der Waals surface area contributed by atoms with Crippen LogP contribution in [-0.4, -0.2) is 35.6 Å². The number of anilines is 1. The van der Waals surface area contributed by atoms with E-state index in [0.29, 0.717) is 29.2 Å². The molecule has 2 N–H and O–H groups in total. The van der Waals surface area contributed by atoms with Crippen LogP contribution in [0.1, 0.15) is 49.4 Å². The molecule has 3 aromatic carbocycles. The average Bonchev–Trinajstić information content (AvgIpc) is 3.14. The second-order valence-electron chi connectivity index (χ2n) is 8.77. The van der Waals surface area contributed by atoms with Crippen LogP contribution in [0.15, 0.2) is 72.3 Å². The molecule has 36 heavy (non-hydrogen) atoms. The van der Waals surface area contributed by atoms with E-state index in [1.165, 1.54) is 18.1 Å². The highest BCUT2D eigenvalue weighted by Crippen LogP contribution is 2.45. The van der Waals surface area contributed by atoms with E-state index in [4.69, 9.17) is 9.47 Å². The van der Waals surface area contributed by atoms with E-state index >= 15 is 0 Å². The first-order chi connectivity index (χ1) is 17.3. The van der Waals surface area contributed by atoms with Crippen molar-refractivity contribution in [2.24, 2.45) is 0 Å². The summed E-state index contributed by atoms with van der Waals surface area (Å²) in [6, 6.07) is 17.5. The number of carbonyl (C=O) groups excluding carboxylic acids is 2. The lowest BCUT2D eigenvalue weighted by Gasteiger charge is -2.26. The molecule has 1 unspecified atom stereocenters. The Morgan fingerprint density at radius 2 is 1.78 bits per heavy atom. The number of aliphatic hydroxyl groups is 1. The molecule has 4 rings (SSSR count). The number of benzene rings is 3. The van der Waals surface area contributed by atoms with E-state index in [0.717, 1.165) is 5.56 Å². The number of para-hydroxylation sites is 2. The molecule has 0 bridgehead atoms. The molecule has 0 radical (unpaired) electrons. The third-order valence-electron chi connectivity index (χ3n) is 6.20. The molecule has 1 heterocycles. The number of amides is 1. The molecular weight excluding hydrogens is 458 g/mol. The Morgan fingerprint density at radius 1 is 1.03 bits per heavy atom. The summed E-state index contributed by atoms with van der Waals surface area (Å²) in [4.78, 5) is 27.9. The minimum Gasteiger partial charge on any atom is -0.507 e. The van der Waals surface area contributed by atoms with Gasteiger partial charge in [-0.1, -0.05) is 38.1 Å². The Morgan fingerprint density at radius 3 is 2.44 bits per heavy atom. The number of phenolic OH excluding ortho intramolecular Hbond substituents is 1. The van der Waals surface area contributed by atoms with Crippen molar-refractivity contribution in [2.75, 3.05) is 18.6 Å². The summed E-state index contributed by atoms with van der Waals surface area (Å²) in [6.07, 6.45) is 0. The molecule has 1 saturated heterocycles. The van der Waals surface area contributed by atoms with Gasteiger partial charge in [0, 0.05) is 5.56 Å². The van der Waals surface area contributed by atoms with Gasteiger partial charge in [-0.05, 0) is 66.4 Å². The predicted molar refractivity (Wildman–Crippen MR) is 138 cm³/mol. The zero-order chi connectivity index (χ0) is 26.0. The van der Waals surface area contributed by atoms with E-state index in [1.54, 1.807) is 60.7 Å². The van der Waals surface area contributed by atoms with Gasteiger partial charge < -0.3 is 19.7 Å². The SMILES string of the molecule is CCOc1ccc(/C(O)=C2/C(=O)C(=O)N(c3ccccc3O)C2c2cccc(OC)c2)cc1C(C)C. The Hall–Kier alpha value is -4.26. The largest absolute Gasteiger partial charge is 0.507 e. The summed E-state index contributed by atoms with van der Waals surface area (Å²) in [5.74, 6) is -0.831. The van der Waals surface area contributed by atoms with Crippen LogP contribution in [-0.2, 0) is 9.59 Å². The number of Topliss-reactive ketones (excluding diaryl/α,β-unsaturated/α-hetero) is 1. The van der Waals surface area contributed by atoms with Gasteiger partial charge in [0.05, 0.1) is 31.0 Å². The van der Waals surface area contributed by atoms with E-state index < -0.39 is 17.7 Å². The summed E-state index contributed by atoms with van der Waals surface area (Å²) >= 11 is 0. The van der Waals surface area contributed by atoms with Crippen LogP contribution >= 0.6 is 0 Å². The third-order valence-corrected chi connectivity index (χ3v) is 6.20. The normalized spacial score (nSPS) is 17.0. The van der Waals surface area contributed by atoms with Crippen LogP contribution < -0.4 is 14.4 Å². The molecular formula is C29H29NO6. The molecule has 1 fully saturated rings. The summed E-state index contributed by atoms with van der Waals surface area (Å²) in [6.45, 7) is 6.41. The first kappa shape index (κ1) is 24.9. The van der Waals surface area contributed by atoms with Crippen molar-refractivity contribution in [2.45, 2.75) is 32.7 Å². The fourth-order valence-corrected chi connectivity index (χ4v) is 4.47. The number of ketones is 1. The molecule has 0 aromatic heterocycles. The topological polar surface area (TPSA) is 96.3 Å². The molecule has 3 aromatic rings. The van der Waals surface area contributed by atoms with Crippen molar-refractivity contribution in [1.82, 2.24) is 0 Å². The summed E-state index contributed by atoms with van der Waals surface area (Å²) in [5.41, 5.74) is 1.91.